The van der Waals surface area contributed by atoms with Crippen LogP contribution in [0.15, 0.2) is 0 Å². The molecule has 0 N–H and O–H groups in total. The largest absolute Gasteiger partial charge is 0.465 e. The molecular weight excluding hydrogens is 400 g/mol. The van der Waals surface area contributed by atoms with Gasteiger partial charge in [-0.1, -0.05) is 45.7 Å². The van der Waals surface area contributed by atoms with E-state index in [9.17, 15) is 9.59 Å². The molecule has 0 saturated heterocycles. The Bertz CT molecular complexity index is 333. The fourth-order valence-electron chi connectivity index (χ4n) is 2.47. The highest BCUT2D eigenvalue weighted by molar-refractivity contribution is 9.09. The third-order valence-electron chi connectivity index (χ3n) is 3.97. The highest BCUT2D eigenvalue weighted by Gasteiger charge is 2.49. The summed E-state index contributed by atoms with van der Waals surface area (Å²) in [7, 11) is 0. The zero-order chi connectivity index (χ0) is 16.5. The van der Waals surface area contributed by atoms with E-state index in [0.717, 1.165) is 23.0 Å². The molecule has 0 aliphatic heterocycles. The quantitative estimate of drug-likeness (QED) is 0.349. The van der Waals surface area contributed by atoms with Gasteiger partial charge in [-0.2, -0.15) is 0 Å². The van der Waals surface area contributed by atoms with Crippen molar-refractivity contribution in [3.63, 3.8) is 0 Å². The number of hydrogen-bond donors (Lipinski definition) is 0. The minimum Gasteiger partial charge on any atom is -0.465 e. The van der Waals surface area contributed by atoms with Crippen LogP contribution in [0.2, 0.25) is 0 Å². The predicted molar refractivity (Wildman–Crippen MR) is 94.1 cm³/mol. The summed E-state index contributed by atoms with van der Waals surface area (Å²) in [6.07, 6.45) is 3.52. The summed E-state index contributed by atoms with van der Waals surface area (Å²) in [5.41, 5.74) is -0.824. The van der Waals surface area contributed by atoms with E-state index in [1.807, 2.05) is 0 Å². The first-order valence-electron chi connectivity index (χ1n) is 7.64. The molecule has 0 aromatic carbocycles. The molecule has 0 heterocycles. The predicted octanol–water partition coefficient (Wildman–Crippen LogP) is 4.75. The lowest BCUT2D eigenvalue weighted by atomic mass is 9.81. The van der Waals surface area contributed by atoms with Crippen molar-refractivity contribution in [1.29, 1.82) is 0 Å². The summed E-state index contributed by atoms with van der Waals surface area (Å²) in [5.74, 6) is 0.903. The van der Waals surface area contributed by atoms with Crippen molar-refractivity contribution in [2.75, 3.05) is 17.3 Å². The van der Waals surface area contributed by atoms with Gasteiger partial charge in [0, 0.05) is 10.7 Å². The molecule has 1 aliphatic rings. The molecule has 0 spiro atoms. The summed E-state index contributed by atoms with van der Waals surface area (Å²) >= 11 is 6.76. The maximum absolute atomic E-state index is 11.7. The van der Waals surface area contributed by atoms with Crippen LogP contribution in [0.4, 0.5) is 0 Å². The number of hydrogen-bond acceptors (Lipinski definition) is 3. The van der Waals surface area contributed by atoms with Crippen molar-refractivity contribution in [3.05, 3.63) is 0 Å². The van der Waals surface area contributed by atoms with Crippen molar-refractivity contribution in [2.45, 2.75) is 53.4 Å². The molecule has 0 amide bonds. The second kappa shape index (κ2) is 10.8. The number of Topliss-reactive ketones (excluding diaryl/α,β-unsaturated/α-hetero) is 1. The summed E-state index contributed by atoms with van der Waals surface area (Å²) in [6, 6.07) is 0. The van der Waals surface area contributed by atoms with Crippen molar-refractivity contribution in [3.8, 4) is 0 Å². The van der Waals surface area contributed by atoms with Gasteiger partial charge in [0.2, 0.25) is 0 Å². The first-order valence-corrected chi connectivity index (χ1v) is 9.88. The van der Waals surface area contributed by atoms with Crippen LogP contribution in [0.3, 0.4) is 0 Å². The lowest BCUT2D eigenvalue weighted by Gasteiger charge is -2.23. The Balaban J connectivity index is 0.000000486. The molecule has 3 nitrogen and oxygen atoms in total. The van der Waals surface area contributed by atoms with Gasteiger partial charge >= 0.3 is 5.97 Å². The Morgan fingerprint density at radius 1 is 1.38 bits per heavy atom. The fourth-order valence-corrected chi connectivity index (χ4v) is 3.58. The number of alkyl halides is 2. The Morgan fingerprint density at radius 2 is 2.00 bits per heavy atom. The molecule has 3 atom stereocenters. The number of carbonyl (C=O) groups excluding carboxylic acids is 2. The van der Waals surface area contributed by atoms with Gasteiger partial charge in [-0.3, -0.25) is 9.59 Å². The first-order chi connectivity index (χ1) is 9.83. The van der Waals surface area contributed by atoms with Crippen LogP contribution < -0.4 is 0 Å². The highest BCUT2D eigenvalue weighted by Crippen LogP contribution is 2.43. The van der Waals surface area contributed by atoms with Gasteiger partial charge in [0.25, 0.3) is 0 Å². The number of rotatable bonds is 6. The maximum atomic E-state index is 11.7. The molecule has 0 aromatic rings. The van der Waals surface area contributed by atoms with E-state index in [1.165, 1.54) is 13.3 Å². The van der Waals surface area contributed by atoms with Crippen LogP contribution in [0, 0.1) is 17.3 Å². The molecule has 5 heteroatoms. The van der Waals surface area contributed by atoms with Crippen molar-refractivity contribution in [2.24, 2.45) is 17.3 Å². The molecule has 0 radical (unpaired) electrons. The molecule has 1 fully saturated rings. The summed E-state index contributed by atoms with van der Waals surface area (Å²) in [4.78, 5) is 23.2. The number of esters is 1. The Hall–Kier alpha value is 0.100. The van der Waals surface area contributed by atoms with Crippen LogP contribution in [0.5, 0.6) is 0 Å². The van der Waals surface area contributed by atoms with E-state index in [2.05, 4.69) is 45.7 Å². The Kier molecular flexibility index (Phi) is 10.8. The maximum Gasteiger partial charge on any atom is 0.319 e. The lowest BCUT2D eigenvalue weighted by Crippen LogP contribution is -2.37. The van der Waals surface area contributed by atoms with Gasteiger partial charge in [-0.05, 0) is 51.4 Å². The second-order valence-electron chi connectivity index (χ2n) is 5.94. The highest BCUT2D eigenvalue weighted by atomic mass is 79.9. The van der Waals surface area contributed by atoms with Crippen LogP contribution >= 0.6 is 31.9 Å². The third-order valence-corrected chi connectivity index (χ3v) is 5.53. The number of halogens is 2. The third kappa shape index (κ3) is 6.81. The lowest BCUT2D eigenvalue weighted by molar-refractivity contribution is -0.159. The summed E-state index contributed by atoms with van der Waals surface area (Å²) in [5, 5.41) is 2.25. The molecule has 1 saturated carbocycles. The number of ether oxygens (including phenoxy) is 1. The van der Waals surface area contributed by atoms with Crippen molar-refractivity contribution < 1.29 is 14.3 Å². The monoisotopic (exact) mass is 426 g/mol. The van der Waals surface area contributed by atoms with E-state index in [-0.39, 0.29) is 11.8 Å². The van der Waals surface area contributed by atoms with Gasteiger partial charge in [-0.25, -0.2) is 0 Å². The van der Waals surface area contributed by atoms with E-state index >= 15 is 0 Å². The Morgan fingerprint density at radius 3 is 2.29 bits per heavy atom. The van der Waals surface area contributed by atoms with Crippen LogP contribution in [-0.2, 0) is 14.3 Å². The SMILES string of the molecule is CC(CBr)CCBr.CCOC(=O)C1(C(C)=O)CCC(C)C1. The van der Waals surface area contributed by atoms with E-state index < -0.39 is 5.41 Å². The minimum absolute atomic E-state index is 0.0414. The number of ketones is 1. The molecule has 21 heavy (non-hydrogen) atoms. The summed E-state index contributed by atoms with van der Waals surface area (Å²) < 4.78 is 4.98. The van der Waals surface area contributed by atoms with Gasteiger partial charge < -0.3 is 4.74 Å². The molecule has 1 rings (SSSR count). The smallest absolute Gasteiger partial charge is 0.319 e. The van der Waals surface area contributed by atoms with Gasteiger partial charge in [0.1, 0.15) is 11.2 Å². The molecular formula is C16H28Br2O3. The number of carbonyl (C=O) groups is 2. The first kappa shape index (κ1) is 21.1. The molecule has 1 aliphatic carbocycles. The zero-order valence-electron chi connectivity index (χ0n) is 13.6. The van der Waals surface area contributed by atoms with Crippen LogP contribution in [0.1, 0.15) is 53.4 Å². The van der Waals surface area contributed by atoms with Gasteiger partial charge in [0.15, 0.2) is 0 Å². The molecule has 0 aromatic heterocycles. The minimum atomic E-state index is -0.824. The molecule has 0 bridgehead atoms. The summed E-state index contributed by atoms with van der Waals surface area (Å²) in [6.45, 7) is 7.92. The second-order valence-corrected chi connectivity index (χ2v) is 7.38. The van der Waals surface area contributed by atoms with Crippen molar-refractivity contribution >= 4 is 43.6 Å². The zero-order valence-corrected chi connectivity index (χ0v) is 16.8. The normalized spacial score (nSPS) is 25.7. The van der Waals surface area contributed by atoms with Crippen molar-refractivity contribution in [1.82, 2.24) is 0 Å². The van der Waals surface area contributed by atoms with Crippen LogP contribution in [-0.4, -0.2) is 29.0 Å². The molecule has 124 valence electrons. The van der Waals surface area contributed by atoms with E-state index in [1.54, 1.807) is 6.92 Å². The average molecular weight is 428 g/mol. The average Bonchev–Trinajstić information content (AvgIpc) is 2.83. The standard InChI is InChI=1S/C11H18O3.C5H10Br2/c1-4-14-10(13)11(9(3)12)6-5-8(2)7-11;1-5(4-7)2-3-6/h8H,4-7H2,1-3H3;5H,2-4H2,1H3. The van der Waals surface area contributed by atoms with Crippen LogP contribution in [0.25, 0.3) is 0 Å². The fraction of sp³-hybridized carbons (Fsp3) is 0.875. The molecule has 3 unspecified atom stereocenters. The van der Waals surface area contributed by atoms with E-state index in [0.29, 0.717) is 25.4 Å². The Labute approximate surface area is 145 Å². The van der Waals surface area contributed by atoms with Gasteiger partial charge in [-0.15, -0.1) is 0 Å². The van der Waals surface area contributed by atoms with Gasteiger partial charge in [0.05, 0.1) is 6.61 Å². The topological polar surface area (TPSA) is 43.4 Å². The van der Waals surface area contributed by atoms with E-state index in [4.69, 9.17) is 4.74 Å².